The molecule has 4 aromatic carbocycles. The zero-order chi connectivity index (χ0) is 30.6. The fraction of sp³-hybridized carbons (Fsp3) is 0.171. The van der Waals surface area contributed by atoms with Gasteiger partial charge in [-0.3, -0.25) is 14.5 Å². The summed E-state index contributed by atoms with van der Waals surface area (Å²) in [5.74, 6) is -1.30. The molecule has 5 aromatic rings. The number of fused-ring (bicyclic) bond motifs is 1. The minimum absolute atomic E-state index is 0.0795. The van der Waals surface area contributed by atoms with Gasteiger partial charge in [-0.2, -0.15) is 0 Å². The van der Waals surface area contributed by atoms with E-state index in [2.05, 4.69) is 11.9 Å². The maximum atomic E-state index is 14.0. The van der Waals surface area contributed by atoms with Gasteiger partial charge in [0.05, 0.1) is 28.4 Å². The second kappa shape index (κ2) is 12.7. The number of rotatable bonds is 10. The predicted molar refractivity (Wildman–Crippen MR) is 168 cm³/mol. The molecule has 222 valence electrons. The van der Waals surface area contributed by atoms with Gasteiger partial charge in [-0.25, -0.2) is 9.37 Å². The number of hydrogen-bond donors (Lipinski definition) is 1. The summed E-state index contributed by atoms with van der Waals surface area (Å²) >= 11 is 1.10. The number of thiazole rings is 1. The highest BCUT2D eigenvalue weighted by molar-refractivity contribution is 7.22. The van der Waals surface area contributed by atoms with Gasteiger partial charge in [-0.05, 0) is 60.0 Å². The Morgan fingerprint density at radius 3 is 2.50 bits per heavy atom. The van der Waals surface area contributed by atoms with Crippen LogP contribution in [0.2, 0.25) is 0 Å². The van der Waals surface area contributed by atoms with Gasteiger partial charge in [-0.1, -0.05) is 79.3 Å². The molecule has 1 saturated heterocycles. The van der Waals surface area contributed by atoms with E-state index in [1.54, 1.807) is 48.5 Å². The number of unbranched alkanes of at least 4 members (excludes halogenated alkanes) is 1. The lowest BCUT2D eigenvalue weighted by atomic mass is 9.95. The summed E-state index contributed by atoms with van der Waals surface area (Å²) in [7, 11) is 0. The van der Waals surface area contributed by atoms with Crippen molar-refractivity contribution in [2.45, 2.75) is 32.4 Å². The van der Waals surface area contributed by atoms with Crippen LogP contribution < -0.4 is 14.4 Å². The van der Waals surface area contributed by atoms with E-state index in [-0.39, 0.29) is 16.5 Å². The van der Waals surface area contributed by atoms with Crippen molar-refractivity contribution in [3.8, 4) is 11.5 Å². The fourth-order valence-electron chi connectivity index (χ4n) is 5.04. The summed E-state index contributed by atoms with van der Waals surface area (Å²) < 4.78 is 26.3. The molecule has 0 saturated carbocycles. The number of aromatic nitrogens is 1. The summed E-state index contributed by atoms with van der Waals surface area (Å²) in [5.41, 5.74) is 2.34. The number of ether oxygens (including phenoxy) is 2. The number of carbonyl (C=O) groups excluding carboxylic acids is 2. The lowest BCUT2D eigenvalue weighted by Crippen LogP contribution is -2.29. The topological polar surface area (TPSA) is 89.0 Å². The summed E-state index contributed by atoms with van der Waals surface area (Å²) in [5, 5.41) is 11.8. The Morgan fingerprint density at radius 2 is 1.73 bits per heavy atom. The van der Waals surface area contributed by atoms with E-state index in [0.29, 0.717) is 46.1 Å². The van der Waals surface area contributed by atoms with Crippen LogP contribution in [0, 0.1) is 5.82 Å². The second-order valence-electron chi connectivity index (χ2n) is 10.4. The molecule has 1 aliphatic rings. The summed E-state index contributed by atoms with van der Waals surface area (Å²) in [4.78, 5) is 33.1. The van der Waals surface area contributed by atoms with Gasteiger partial charge in [0.15, 0.2) is 5.13 Å². The monoisotopic (exact) mass is 608 g/mol. The molecular formula is C35H29FN2O5S. The van der Waals surface area contributed by atoms with Gasteiger partial charge in [0.1, 0.15) is 29.7 Å². The molecule has 1 amide bonds. The Hall–Kier alpha value is -5.02. The number of hydrogen-bond acceptors (Lipinski definition) is 7. The summed E-state index contributed by atoms with van der Waals surface area (Å²) in [6.45, 7) is 2.95. The number of ketones is 1. The first-order valence-corrected chi connectivity index (χ1v) is 15.1. The zero-order valence-electron chi connectivity index (χ0n) is 23.9. The smallest absolute Gasteiger partial charge is 0.301 e. The van der Waals surface area contributed by atoms with Crippen LogP contribution >= 0.6 is 11.3 Å². The van der Waals surface area contributed by atoms with E-state index >= 15 is 0 Å². The first-order valence-electron chi connectivity index (χ1n) is 14.3. The van der Waals surface area contributed by atoms with Crippen LogP contribution in [0.25, 0.3) is 16.0 Å². The van der Waals surface area contributed by atoms with E-state index in [0.717, 1.165) is 29.7 Å². The Bertz CT molecular complexity index is 1850. The highest BCUT2D eigenvalue weighted by Crippen LogP contribution is 2.44. The number of halogens is 1. The van der Waals surface area contributed by atoms with E-state index in [1.165, 1.54) is 23.1 Å². The van der Waals surface area contributed by atoms with Crippen molar-refractivity contribution in [1.29, 1.82) is 0 Å². The number of carbonyl (C=O) groups is 2. The van der Waals surface area contributed by atoms with Crippen molar-refractivity contribution in [3.05, 3.63) is 125 Å². The average molecular weight is 609 g/mol. The number of benzene rings is 4. The molecule has 1 atom stereocenters. The molecule has 7 nitrogen and oxygen atoms in total. The number of aliphatic hydroxyl groups excluding tert-OH is 1. The molecule has 1 fully saturated rings. The van der Waals surface area contributed by atoms with Crippen molar-refractivity contribution in [2.75, 3.05) is 11.5 Å². The van der Waals surface area contributed by atoms with E-state index < -0.39 is 23.5 Å². The van der Waals surface area contributed by atoms with Crippen LogP contribution in [0.5, 0.6) is 11.5 Å². The Balaban J connectivity index is 1.41. The maximum absolute atomic E-state index is 14.0. The van der Waals surface area contributed by atoms with E-state index in [4.69, 9.17) is 9.47 Å². The number of amides is 1. The Morgan fingerprint density at radius 1 is 0.932 bits per heavy atom. The van der Waals surface area contributed by atoms with Gasteiger partial charge in [0, 0.05) is 5.56 Å². The molecule has 0 spiro atoms. The molecule has 1 N–H and O–H groups in total. The molecule has 2 heterocycles. The Kier molecular flexibility index (Phi) is 8.38. The minimum atomic E-state index is -0.992. The van der Waals surface area contributed by atoms with Crippen LogP contribution in [0.4, 0.5) is 9.52 Å². The van der Waals surface area contributed by atoms with Crippen LogP contribution in [0.1, 0.15) is 42.5 Å². The molecular weight excluding hydrogens is 579 g/mol. The molecule has 0 aliphatic carbocycles. The highest BCUT2D eigenvalue weighted by Gasteiger charge is 2.48. The standard InChI is InChI=1S/C35H29FN2O5S/c1-2-3-18-42-27-11-7-10-24(19-27)32(39)30-31(23-12-15-26(16-13-23)43-21-22-8-5-4-6-9-22)38(34(41)33(30)40)35-37-28-17-14-25(36)20-29(28)44-35/h4-17,19-20,31,39H,2-3,18,21H2,1H3. The van der Waals surface area contributed by atoms with Gasteiger partial charge >= 0.3 is 5.91 Å². The number of aliphatic hydroxyl groups is 1. The first-order chi connectivity index (χ1) is 21.4. The molecule has 1 aromatic heterocycles. The fourth-order valence-corrected chi connectivity index (χ4v) is 6.06. The number of Topliss-reactive ketones (excluding diaryl/α,β-unsaturated/α-hetero) is 1. The van der Waals surface area contributed by atoms with Gasteiger partial charge in [0.2, 0.25) is 0 Å². The summed E-state index contributed by atoms with van der Waals surface area (Å²) in [6.07, 6.45) is 1.84. The number of anilines is 1. The molecule has 6 rings (SSSR count). The minimum Gasteiger partial charge on any atom is -0.507 e. The SMILES string of the molecule is CCCCOc1cccc(C(O)=C2C(=O)C(=O)N(c3nc4ccc(F)cc4s3)C2c2ccc(OCc3ccccc3)cc2)c1. The van der Waals surface area contributed by atoms with E-state index in [1.807, 2.05) is 30.3 Å². The average Bonchev–Trinajstić information content (AvgIpc) is 3.58. The number of nitrogens with zero attached hydrogens (tertiary/aromatic N) is 2. The maximum Gasteiger partial charge on any atom is 0.301 e. The molecule has 1 unspecified atom stereocenters. The molecule has 0 radical (unpaired) electrons. The van der Waals surface area contributed by atoms with Crippen molar-refractivity contribution < 1.29 is 28.6 Å². The predicted octanol–water partition coefficient (Wildman–Crippen LogP) is 7.82. The van der Waals surface area contributed by atoms with Gasteiger partial charge in [-0.15, -0.1) is 0 Å². The molecule has 0 bridgehead atoms. The Labute approximate surface area is 257 Å². The highest BCUT2D eigenvalue weighted by atomic mass is 32.1. The van der Waals surface area contributed by atoms with Crippen molar-refractivity contribution in [2.24, 2.45) is 0 Å². The van der Waals surface area contributed by atoms with Gasteiger partial charge in [0.25, 0.3) is 5.78 Å². The third-order valence-corrected chi connectivity index (χ3v) is 8.33. The quantitative estimate of drug-likeness (QED) is 0.0753. The normalized spacial score (nSPS) is 16.0. The third kappa shape index (κ3) is 5.91. The largest absolute Gasteiger partial charge is 0.507 e. The molecule has 9 heteroatoms. The second-order valence-corrected chi connectivity index (χ2v) is 11.4. The van der Waals surface area contributed by atoms with Crippen LogP contribution in [0.3, 0.4) is 0 Å². The molecule has 1 aliphatic heterocycles. The lowest BCUT2D eigenvalue weighted by Gasteiger charge is -2.23. The summed E-state index contributed by atoms with van der Waals surface area (Å²) in [6, 6.07) is 26.8. The molecule has 44 heavy (non-hydrogen) atoms. The zero-order valence-corrected chi connectivity index (χ0v) is 24.7. The van der Waals surface area contributed by atoms with Crippen molar-refractivity contribution in [1.82, 2.24) is 4.98 Å². The lowest BCUT2D eigenvalue weighted by molar-refractivity contribution is -0.132. The van der Waals surface area contributed by atoms with Crippen LogP contribution in [-0.2, 0) is 16.2 Å². The van der Waals surface area contributed by atoms with Crippen molar-refractivity contribution in [3.63, 3.8) is 0 Å². The van der Waals surface area contributed by atoms with Crippen LogP contribution in [0.15, 0.2) is 103 Å². The van der Waals surface area contributed by atoms with Crippen LogP contribution in [-0.4, -0.2) is 28.4 Å². The first kappa shape index (κ1) is 29.1. The third-order valence-electron chi connectivity index (χ3n) is 7.31. The van der Waals surface area contributed by atoms with Crippen molar-refractivity contribution >= 4 is 44.1 Å². The van der Waals surface area contributed by atoms with E-state index in [9.17, 15) is 19.1 Å². The van der Waals surface area contributed by atoms with Gasteiger partial charge < -0.3 is 14.6 Å².